The van der Waals surface area contributed by atoms with E-state index in [0.717, 1.165) is 29.1 Å². The second-order valence-electron chi connectivity index (χ2n) is 3.97. The van der Waals surface area contributed by atoms with Crippen LogP contribution in [0.5, 0.6) is 0 Å². The van der Waals surface area contributed by atoms with Crippen LogP contribution < -0.4 is 5.73 Å². The molecule has 4 heteroatoms. The Labute approximate surface area is 104 Å². The first kappa shape index (κ1) is 12.2. The van der Waals surface area contributed by atoms with E-state index < -0.39 is 0 Å². The van der Waals surface area contributed by atoms with E-state index in [1.54, 1.807) is 23.5 Å². The van der Waals surface area contributed by atoms with Gasteiger partial charge in [-0.15, -0.1) is 11.3 Å². The van der Waals surface area contributed by atoms with Gasteiger partial charge in [-0.3, -0.25) is 0 Å². The first-order chi connectivity index (χ1) is 8.20. The largest absolute Gasteiger partial charge is 0.322 e. The minimum absolute atomic E-state index is 0.0131. The van der Waals surface area contributed by atoms with E-state index in [4.69, 9.17) is 5.73 Å². The van der Waals surface area contributed by atoms with E-state index >= 15 is 0 Å². The third-order valence-electron chi connectivity index (χ3n) is 2.58. The van der Waals surface area contributed by atoms with E-state index in [9.17, 15) is 4.39 Å². The highest BCUT2D eigenvalue weighted by molar-refractivity contribution is 7.10. The van der Waals surface area contributed by atoms with Gasteiger partial charge < -0.3 is 5.73 Å². The van der Waals surface area contributed by atoms with Gasteiger partial charge in [0.05, 0.1) is 11.7 Å². The van der Waals surface area contributed by atoms with Gasteiger partial charge in [-0.2, -0.15) is 0 Å². The summed E-state index contributed by atoms with van der Waals surface area (Å²) in [6.45, 7) is 2.11. The molecule has 0 fully saturated rings. The molecule has 0 saturated heterocycles. The minimum atomic E-state index is -0.230. The molecule has 0 aliphatic carbocycles. The van der Waals surface area contributed by atoms with Crippen molar-refractivity contribution < 1.29 is 4.39 Å². The van der Waals surface area contributed by atoms with Crippen LogP contribution in [0, 0.1) is 5.82 Å². The van der Waals surface area contributed by atoms with Crippen LogP contribution in [0.2, 0.25) is 0 Å². The van der Waals surface area contributed by atoms with Crippen molar-refractivity contribution in [3.05, 3.63) is 40.5 Å². The van der Waals surface area contributed by atoms with Gasteiger partial charge in [0, 0.05) is 10.9 Å². The lowest BCUT2D eigenvalue weighted by molar-refractivity contribution is 0.628. The van der Waals surface area contributed by atoms with Gasteiger partial charge in [0.1, 0.15) is 10.8 Å². The number of hydrogen-bond acceptors (Lipinski definition) is 3. The van der Waals surface area contributed by atoms with Crippen molar-refractivity contribution in [1.29, 1.82) is 0 Å². The Bertz CT molecular complexity index is 478. The van der Waals surface area contributed by atoms with Gasteiger partial charge in [-0.1, -0.05) is 13.3 Å². The zero-order chi connectivity index (χ0) is 12.3. The maximum Gasteiger partial charge on any atom is 0.123 e. The predicted molar refractivity (Wildman–Crippen MR) is 69.3 cm³/mol. The zero-order valence-electron chi connectivity index (χ0n) is 9.69. The maximum atomic E-state index is 12.8. The molecule has 1 atom stereocenters. The molecule has 90 valence electrons. The van der Waals surface area contributed by atoms with Crippen molar-refractivity contribution in [2.24, 2.45) is 5.73 Å². The maximum absolute atomic E-state index is 12.8. The van der Waals surface area contributed by atoms with Crippen molar-refractivity contribution in [1.82, 2.24) is 4.98 Å². The second kappa shape index (κ2) is 5.38. The smallest absolute Gasteiger partial charge is 0.123 e. The number of nitrogens with zero attached hydrogens (tertiary/aromatic N) is 1. The van der Waals surface area contributed by atoms with E-state index in [2.05, 4.69) is 11.9 Å². The fourth-order valence-corrected chi connectivity index (χ4v) is 2.51. The molecule has 2 aromatic rings. The fourth-order valence-electron chi connectivity index (χ4n) is 1.65. The second-order valence-corrected chi connectivity index (χ2v) is 4.86. The molecule has 0 aliphatic heterocycles. The molecule has 1 heterocycles. The lowest BCUT2D eigenvalue weighted by Crippen LogP contribution is -2.09. The average molecular weight is 250 g/mol. The Morgan fingerprint density at radius 3 is 2.71 bits per heavy atom. The van der Waals surface area contributed by atoms with Gasteiger partial charge in [0.25, 0.3) is 0 Å². The van der Waals surface area contributed by atoms with Crippen LogP contribution in [0.3, 0.4) is 0 Å². The molecule has 0 bridgehead atoms. The highest BCUT2D eigenvalue weighted by Crippen LogP contribution is 2.26. The van der Waals surface area contributed by atoms with Crippen molar-refractivity contribution in [2.45, 2.75) is 25.8 Å². The quantitative estimate of drug-likeness (QED) is 0.897. The Kier molecular flexibility index (Phi) is 3.86. The van der Waals surface area contributed by atoms with Crippen LogP contribution >= 0.6 is 11.3 Å². The first-order valence-electron chi connectivity index (χ1n) is 5.67. The van der Waals surface area contributed by atoms with Crippen molar-refractivity contribution in [3.8, 4) is 11.3 Å². The summed E-state index contributed by atoms with van der Waals surface area (Å²) in [5, 5.41) is 2.92. The number of thiazole rings is 1. The van der Waals surface area contributed by atoms with Gasteiger partial charge in [0.15, 0.2) is 0 Å². The lowest BCUT2D eigenvalue weighted by Gasteiger charge is -2.05. The third kappa shape index (κ3) is 2.90. The summed E-state index contributed by atoms with van der Waals surface area (Å²) in [7, 11) is 0. The minimum Gasteiger partial charge on any atom is -0.322 e. The summed E-state index contributed by atoms with van der Waals surface area (Å²) in [6.07, 6.45) is 1.99. The fraction of sp³-hybridized carbons (Fsp3) is 0.308. The molecule has 1 aromatic carbocycles. The van der Waals surface area contributed by atoms with Gasteiger partial charge in [0.2, 0.25) is 0 Å². The molecular weight excluding hydrogens is 235 g/mol. The molecule has 0 amide bonds. The summed E-state index contributed by atoms with van der Waals surface area (Å²) in [6, 6.07) is 6.37. The molecule has 0 saturated carbocycles. The van der Waals surface area contributed by atoms with Crippen LogP contribution in [0.1, 0.15) is 30.8 Å². The normalized spacial score (nSPS) is 12.6. The summed E-state index contributed by atoms with van der Waals surface area (Å²) in [5.41, 5.74) is 7.81. The van der Waals surface area contributed by atoms with Crippen LogP contribution in [-0.4, -0.2) is 4.98 Å². The average Bonchev–Trinajstić information content (AvgIpc) is 2.80. The molecule has 2 rings (SSSR count). The number of benzene rings is 1. The number of nitrogens with two attached hydrogens (primary N) is 1. The molecule has 1 unspecified atom stereocenters. The van der Waals surface area contributed by atoms with Gasteiger partial charge in [-0.05, 0) is 30.7 Å². The van der Waals surface area contributed by atoms with E-state index in [0.29, 0.717) is 0 Å². The zero-order valence-corrected chi connectivity index (χ0v) is 10.5. The monoisotopic (exact) mass is 250 g/mol. The van der Waals surface area contributed by atoms with Crippen LogP contribution in [0.25, 0.3) is 11.3 Å². The lowest BCUT2D eigenvalue weighted by atomic mass is 10.1. The van der Waals surface area contributed by atoms with Crippen molar-refractivity contribution in [3.63, 3.8) is 0 Å². The van der Waals surface area contributed by atoms with E-state index in [1.165, 1.54) is 12.1 Å². The first-order valence-corrected chi connectivity index (χ1v) is 6.55. The van der Waals surface area contributed by atoms with Crippen LogP contribution in [0.15, 0.2) is 29.6 Å². The van der Waals surface area contributed by atoms with Gasteiger partial charge in [-0.25, -0.2) is 9.37 Å². The number of aromatic nitrogens is 1. The molecule has 0 spiro atoms. The molecule has 2 nitrogen and oxygen atoms in total. The summed E-state index contributed by atoms with van der Waals surface area (Å²) in [4.78, 5) is 4.50. The third-order valence-corrected chi connectivity index (χ3v) is 3.56. The Hall–Kier alpha value is -1.26. The highest BCUT2D eigenvalue weighted by Gasteiger charge is 2.10. The predicted octanol–water partition coefficient (Wildman–Crippen LogP) is 3.75. The van der Waals surface area contributed by atoms with Crippen molar-refractivity contribution in [2.75, 3.05) is 0 Å². The van der Waals surface area contributed by atoms with E-state index in [-0.39, 0.29) is 11.9 Å². The molecular formula is C13H15FN2S. The SMILES string of the molecule is CCCC(N)c1nc(-c2ccc(F)cc2)cs1. The molecule has 17 heavy (non-hydrogen) atoms. The topological polar surface area (TPSA) is 38.9 Å². The standard InChI is InChI=1S/C13H15FN2S/c1-2-3-11(15)13-16-12(8-17-13)9-4-6-10(14)7-5-9/h4-8,11H,2-3,15H2,1H3. The molecule has 0 radical (unpaired) electrons. The molecule has 0 aliphatic rings. The summed E-state index contributed by atoms with van der Waals surface area (Å²) < 4.78 is 12.8. The number of halogens is 1. The van der Waals surface area contributed by atoms with Crippen molar-refractivity contribution >= 4 is 11.3 Å². The Balaban J connectivity index is 2.20. The summed E-state index contributed by atoms with van der Waals surface area (Å²) >= 11 is 1.57. The highest BCUT2D eigenvalue weighted by atomic mass is 32.1. The van der Waals surface area contributed by atoms with Crippen LogP contribution in [-0.2, 0) is 0 Å². The number of hydrogen-bond donors (Lipinski definition) is 1. The Morgan fingerprint density at radius 2 is 2.06 bits per heavy atom. The van der Waals surface area contributed by atoms with E-state index in [1.807, 2.05) is 5.38 Å². The van der Waals surface area contributed by atoms with Crippen LogP contribution in [0.4, 0.5) is 4.39 Å². The molecule has 2 N–H and O–H groups in total. The van der Waals surface area contributed by atoms with Gasteiger partial charge >= 0.3 is 0 Å². The summed E-state index contributed by atoms with van der Waals surface area (Å²) in [5.74, 6) is -0.230. The molecule has 1 aromatic heterocycles. The number of rotatable bonds is 4. The Morgan fingerprint density at radius 1 is 1.35 bits per heavy atom.